The van der Waals surface area contributed by atoms with Gasteiger partial charge in [-0.2, -0.15) is 0 Å². The second-order valence-corrected chi connectivity index (χ2v) is 3.18. The number of carbonyl (C=O) groups is 1. The molecule has 16 heavy (non-hydrogen) atoms. The van der Waals surface area contributed by atoms with Gasteiger partial charge in [-0.1, -0.05) is 24.3 Å². The number of hydrogen-bond acceptors (Lipinski definition) is 4. The van der Waals surface area contributed by atoms with Gasteiger partial charge in [0.1, 0.15) is 11.5 Å². The molecule has 0 aliphatic heterocycles. The zero-order valence-corrected chi connectivity index (χ0v) is 8.64. The van der Waals surface area contributed by atoms with Crippen molar-refractivity contribution in [1.82, 2.24) is 0 Å². The zero-order valence-electron chi connectivity index (χ0n) is 8.64. The third-order valence-corrected chi connectivity index (χ3v) is 2.22. The molecular weight excluding hydrogens is 208 g/mol. The van der Waals surface area contributed by atoms with Crippen molar-refractivity contribution < 1.29 is 19.4 Å². The molecule has 0 aromatic heterocycles. The van der Waals surface area contributed by atoms with E-state index in [4.69, 9.17) is 4.74 Å². The normalized spacial score (nSPS) is 10.1. The van der Waals surface area contributed by atoms with Gasteiger partial charge in [0.15, 0.2) is 0 Å². The lowest BCUT2D eigenvalue weighted by molar-refractivity contribution is 0.122. The maximum absolute atomic E-state index is 11.0. The molecule has 2 aromatic carbocycles. The van der Waals surface area contributed by atoms with Gasteiger partial charge in [0.05, 0.1) is 7.11 Å². The van der Waals surface area contributed by atoms with Gasteiger partial charge in [0, 0.05) is 10.8 Å². The van der Waals surface area contributed by atoms with Crippen molar-refractivity contribution in [2.75, 3.05) is 7.11 Å². The van der Waals surface area contributed by atoms with Crippen molar-refractivity contribution in [2.45, 2.75) is 0 Å². The summed E-state index contributed by atoms with van der Waals surface area (Å²) in [6, 6.07) is 10.1. The standard InChI is InChI=1S/C12H10O4/c1-15-12(14)16-11-7-6-10(13)8-4-2-3-5-9(8)11/h2-7,13H,1H3. The average molecular weight is 218 g/mol. The number of carbonyl (C=O) groups excluding carboxylic acids is 1. The highest BCUT2D eigenvalue weighted by Crippen LogP contribution is 2.32. The summed E-state index contributed by atoms with van der Waals surface area (Å²) in [4.78, 5) is 11.0. The second kappa shape index (κ2) is 4.10. The molecule has 0 atom stereocenters. The van der Waals surface area contributed by atoms with Crippen LogP contribution in [0.4, 0.5) is 4.79 Å². The number of ether oxygens (including phenoxy) is 2. The number of rotatable bonds is 1. The molecule has 0 radical (unpaired) electrons. The molecule has 0 aliphatic carbocycles. The van der Waals surface area contributed by atoms with E-state index >= 15 is 0 Å². The lowest BCUT2D eigenvalue weighted by Gasteiger charge is -2.07. The molecule has 0 fully saturated rings. The molecule has 2 rings (SSSR count). The van der Waals surface area contributed by atoms with Crippen molar-refractivity contribution in [1.29, 1.82) is 0 Å². The van der Waals surface area contributed by atoms with Gasteiger partial charge in [0.2, 0.25) is 0 Å². The van der Waals surface area contributed by atoms with Gasteiger partial charge in [-0.05, 0) is 12.1 Å². The van der Waals surface area contributed by atoms with Crippen LogP contribution >= 0.6 is 0 Å². The molecular formula is C12H10O4. The summed E-state index contributed by atoms with van der Waals surface area (Å²) in [5, 5.41) is 10.9. The van der Waals surface area contributed by atoms with Crippen molar-refractivity contribution in [2.24, 2.45) is 0 Å². The van der Waals surface area contributed by atoms with E-state index in [1.807, 2.05) is 0 Å². The van der Waals surface area contributed by atoms with Crippen LogP contribution in [0, 0.1) is 0 Å². The van der Waals surface area contributed by atoms with E-state index in [0.717, 1.165) is 0 Å². The van der Waals surface area contributed by atoms with E-state index < -0.39 is 6.16 Å². The first kappa shape index (κ1) is 10.3. The van der Waals surface area contributed by atoms with Gasteiger partial charge < -0.3 is 14.6 Å². The molecule has 0 saturated carbocycles. The minimum Gasteiger partial charge on any atom is -0.507 e. The molecule has 0 saturated heterocycles. The Morgan fingerprint density at radius 1 is 1.12 bits per heavy atom. The summed E-state index contributed by atoms with van der Waals surface area (Å²) in [6.45, 7) is 0. The van der Waals surface area contributed by atoms with Crippen LogP contribution in [0.25, 0.3) is 10.8 Å². The lowest BCUT2D eigenvalue weighted by atomic mass is 10.1. The minimum atomic E-state index is -0.782. The predicted octanol–water partition coefficient (Wildman–Crippen LogP) is 2.69. The molecule has 82 valence electrons. The highest BCUT2D eigenvalue weighted by atomic mass is 16.7. The van der Waals surface area contributed by atoms with Crippen molar-refractivity contribution in [3.05, 3.63) is 36.4 Å². The maximum atomic E-state index is 11.0. The van der Waals surface area contributed by atoms with Crippen molar-refractivity contribution in [3.63, 3.8) is 0 Å². The Kier molecular flexibility index (Phi) is 2.64. The van der Waals surface area contributed by atoms with Gasteiger partial charge in [-0.15, -0.1) is 0 Å². The zero-order chi connectivity index (χ0) is 11.5. The number of benzene rings is 2. The Morgan fingerprint density at radius 2 is 1.81 bits per heavy atom. The van der Waals surface area contributed by atoms with Gasteiger partial charge >= 0.3 is 6.16 Å². The number of hydrogen-bond donors (Lipinski definition) is 1. The lowest BCUT2D eigenvalue weighted by Crippen LogP contribution is -2.07. The fraction of sp³-hybridized carbons (Fsp3) is 0.0833. The molecule has 0 heterocycles. The number of phenols is 1. The van der Waals surface area contributed by atoms with Crippen LogP contribution in [0.15, 0.2) is 36.4 Å². The molecule has 0 bridgehead atoms. The summed E-state index contributed by atoms with van der Waals surface area (Å²) in [5.74, 6) is 0.507. The third kappa shape index (κ3) is 1.77. The molecule has 1 N–H and O–H groups in total. The Hall–Kier alpha value is -2.23. The Balaban J connectivity index is 2.54. The van der Waals surface area contributed by atoms with Crippen LogP contribution < -0.4 is 4.74 Å². The third-order valence-electron chi connectivity index (χ3n) is 2.22. The van der Waals surface area contributed by atoms with Crippen LogP contribution in [0.5, 0.6) is 11.5 Å². The fourth-order valence-electron chi connectivity index (χ4n) is 1.48. The number of phenolic OH excluding ortho intramolecular Hbond substituents is 1. The quantitative estimate of drug-likeness (QED) is 0.590. The smallest absolute Gasteiger partial charge is 0.507 e. The number of methoxy groups -OCH3 is 1. The van der Waals surface area contributed by atoms with E-state index in [9.17, 15) is 9.90 Å². The fourth-order valence-corrected chi connectivity index (χ4v) is 1.48. The largest absolute Gasteiger partial charge is 0.513 e. The van der Waals surface area contributed by atoms with Gasteiger partial charge in [-0.3, -0.25) is 0 Å². The van der Waals surface area contributed by atoms with E-state index in [2.05, 4.69) is 4.74 Å². The Bertz CT molecular complexity index is 534. The summed E-state index contributed by atoms with van der Waals surface area (Å²) in [5.41, 5.74) is 0. The molecule has 0 amide bonds. The maximum Gasteiger partial charge on any atom is 0.513 e. The van der Waals surface area contributed by atoms with E-state index in [1.165, 1.54) is 19.2 Å². The minimum absolute atomic E-state index is 0.146. The average Bonchev–Trinajstić information content (AvgIpc) is 2.33. The summed E-state index contributed by atoms with van der Waals surface area (Å²) >= 11 is 0. The highest BCUT2D eigenvalue weighted by molar-refractivity contribution is 5.94. The summed E-state index contributed by atoms with van der Waals surface area (Å²) in [7, 11) is 1.24. The van der Waals surface area contributed by atoms with E-state index in [1.54, 1.807) is 24.3 Å². The van der Waals surface area contributed by atoms with E-state index in [-0.39, 0.29) is 5.75 Å². The predicted molar refractivity (Wildman–Crippen MR) is 58.6 cm³/mol. The van der Waals surface area contributed by atoms with Crippen LogP contribution in [0.1, 0.15) is 0 Å². The molecule has 0 unspecified atom stereocenters. The first-order valence-corrected chi connectivity index (χ1v) is 4.69. The van der Waals surface area contributed by atoms with Crippen molar-refractivity contribution in [3.8, 4) is 11.5 Å². The molecule has 0 spiro atoms. The molecule has 4 heteroatoms. The Labute approximate surface area is 92.0 Å². The first-order chi connectivity index (χ1) is 7.72. The van der Waals surface area contributed by atoms with Crippen LogP contribution in [-0.2, 0) is 4.74 Å². The summed E-state index contributed by atoms with van der Waals surface area (Å²) in [6.07, 6.45) is -0.782. The number of fused-ring (bicyclic) bond motifs is 1. The second-order valence-electron chi connectivity index (χ2n) is 3.18. The van der Waals surface area contributed by atoms with Crippen LogP contribution in [0.3, 0.4) is 0 Å². The molecule has 0 aliphatic rings. The van der Waals surface area contributed by atoms with E-state index in [0.29, 0.717) is 16.5 Å². The molecule has 2 aromatic rings. The number of aromatic hydroxyl groups is 1. The monoisotopic (exact) mass is 218 g/mol. The van der Waals surface area contributed by atoms with Gasteiger partial charge in [-0.25, -0.2) is 4.79 Å². The Morgan fingerprint density at radius 3 is 2.50 bits per heavy atom. The molecule has 4 nitrogen and oxygen atoms in total. The topological polar surface area (TPSA) is 55.8 Å². The SMILES string of the molecule is COC(=O)Oc1ccc(O)c2ccccc12. The summed E-state index contributed by atoms with van der Waals surface area (Å²) < 4.78 is 9.37. The van der Waals surface area contributed by atoms with Crippen LogP contribution in [-0.4, -0.2) is 18.4 Å². The van der Waals surface area contributed by atoms with Gasteiger partial charge in [0.25, 0.3) is 0 Å². The van der Waals surface area contributed by atoms with Crippen LogP contribution in [0.2, 0.25) is 0 Å². The van der Waals surface area contributed by atoms with Crippen molar-refractivity contribution >= 4 is 16.9 Å². The first-order valence-electron chi connectivity index (χ1n) is 4.69. The highest BCUT2D eigenvalue weighted by Gasteiger charge is 2.09.